The average molecular weight is 508 g/mol. The van der Waals surface area contributed by atoms with Crippen molar-refractivity contribution in [1.29, 1.82) is 0 Å². The molecule has 0 aliphatic carbocycles. The lowest BCUT2D eigenvalue weighted by Gasteiger charge is -2.15. The molecule has 1 aliphatic heterocycles. The van der Waals surface area contributed by atoms with E-state index in [0.717, 1.165) is 0 Å². The smallest absolute Gasteiger partial charge is 0.253 e. The molecule has 3 aromatic heterocycles. The van der Waals surface area contributed by atoms with Crippen LogP contribution in [0.25, 0.3) is 11.0 Å². The van der Waals surface area contributed by atoms with Crippen LogP contribution in [-0.2, 0) is 11.4 Å². The number of halogens is 1. The highest BCUT2D eigenvalue weighted by atomic mass is 35.5. The van der Waals surface area contributed by atoms with E-state index >= 15 is 0 Å². The van der Waals surface area contributed by atoms with Crippen molar-refractivity contribution in [2.45, 2.75) is 26.1 Å². The fourth-order valence-corrected chi connectivity index (χ4v) is 4.01. The van der Waals surface area contributed by atoms with Gasteiger partial charge in [-0.05, 0) is 30.3 Å². The van der Waals surface area contributed by atoms with Gasteiger partial charge in [-0.15, -0.1) is 10.2 Å². The molecule has 36 heavy (non-hydrogen) atoms. The number of hydrogen-bond donors (Lipinski definition) is 1. The molecule has 0 spiro atoms. The van der Waals surface area contributed by atoms with Crippen LogP contribution in [0.3, 0.4) is 0 Å². The Bertz CT molecular complexity index is 1430. The van der Waals surface area contributed by atoms with E-state index in [1.807, 2.05) is 6.07 Å². The van der Waals surface area contributed by atoms with Gasteiger partial charge in [0.1, 0.15) is 23.7 Å². The molecule has 1 atom stereocenters. The second kappa shape index (κ2) is 10.2. The molecule has 1 fully saturated rings. The minimum atomic E-state index is -0.151. The summed E-state index contributed by atoms with van der Waals surface area (Å²) in [4.78, 5) is 26.8. The summed E-state index contributed by atoms with van der Waals surface area (Å²) in [6.07, 6.45) is 3.33. The summed E-state index contributed by atoms with van der Waals surface area (Å²) in [5.74, 6) is 2.11. The van der Waals surface area contributed by atoms with Gasteiger partial charge >= 0.3 is 0 Å². The fourth-order valence-electron chi connectivity index (χ4n) is 3.77. The Morgan fingerprint density at radius 3 is 2.97 bits per heavy atom. The number of hydrogen-bond acceptors (Lipinski definition) is 10. The number of rotatable bonds is 8. The highest BCUT2D eigenvalue weighted by Crippen LogP contribution is 2.31. The SMILES string of the molecule is C=CC(=O)N1CC[C@H](Oc2ccc3ncnc(Nc4ccc(OCc5nnc(C)o5)c(Cl)c4)c3n2)C1. The number of carbonyl (C=O) groups excluding carboxylic acids is 1. The maximum absolute atomic E-state index is 11.8. The molecule has 0 unspecified atom stereocenters. The van der Waals surface area contributed by atoms with Crippen molar-refractivity contribution in [3.05, 3.63) is 66.1 Å². The third kappa shape index (κ3) is 5.20. The van der Waals surface area contributed by atoms with Gasteiger partial charge < -0.3 is 24.1 Å². The fraction of sp³-hybridized carbons (Fsp3) is 0.250. The molecule has 1 aliphatic rings. The van der Waals surface area contributed by atoms with Crippen LogP contribution in [0.15, 0.2) is 53.7 Å². The van der Waals surface area contributed by atoms with Gasteiger partial charge in [0.15, 0.2) is 12.4 Å². The van der Waals surface area contributed by atoms with Crippen molar-refractivity contribution in [3.63, 3.8) is 0 Å². The summed E-state index contributed by atoms with van der Waals surface area (Å²) in [5.41, 5.74) is 1.87. The molecule has 1 amide bonds. The Morgan fingerprint density at radius 2 is 2.19 bits per heavy atom. The molecular formula is C24H22ClN7O4. The zero-order chi connectivity index (χ0) is 25.1. The van der Waals surface area contributed by atoms with Crippen LogP contribution < -0.4 is 14.8 Å². The second-order valence-corrected chi connectivity index (χ2v) is 8.44. The summed E-state index contributed by atoms with van der Waals surface area (Å²) in [6.45, 7) is 6.46. The molecule has 1 N–H and O–H groups in total. The molecule has 11 nitrogen and oxygen atoms in total. The zero-order valence-corrected chi connectivity index (χ0v) is 20.1. The number of aromatic nitrogens is 5. The van der Waals surface area contributed by atoms with Crippen LogP contribution in [0.2, 0.25) is 5.02 Å². The number of anilines is 2. The second-order valence-electron chi connectivity index (χ2n) is 8.03. The van der Waals surface area contributed by atoms with Crippen molar-refractivity contribution in [2.24, 2.45) is 0 Å². The molecule has 1 saturated heterocycles. The first kappa shape index (κ1) is 23.5. The van der Waals surface area contributed by atoms with E-state index in [2.05, 4.69) is 37.0 Å². The number of nitrogens with one attached hydrogen (secondary N) is 1. The van der Waals surface area contributed by atoms with Crippen molar-refractivity contribution < 1.29 is 18.7 Å². The number of pyridine rings is 1. The van der Waals surface area contributed by atoms with Gasteiger partial charge in [-0.25, -0.2) is 15.0 Å². The normalized spacial score (nSPS) is 15.2. The van der Waals surface area contributed by atoms with Gasteiger partial charge in [-0.1, -0.05) is 18.2 Å². The number of likely N-dealkylation sites (tertiary alicyclic amines) is 1. The van der Waals surface area contributed by atoms with Gasteiger partial charge in [0.2, 0.25) is 17.7 Å². The van der Waals surface area contributed by atoms with Crippen LogP contribution in [0.4, 0.5) is 11.5 Å². The van der Waals surface area contributed by atoms with Crippen LogP contribution in [0, 0.1) is 6.92 Å². The average Bonchev–Trinajstić information content (AvgIpc) is 3.52. The lowest BCUT2D eigenvalue weighted by Crippen LogP contribution is -2.29. The first-order chi connectivity index (χ1) is 17.5. The number of fused-ring (bicyclic) bond motifs is 1. The quantitative estimate of drug-likeness (QED) is 0.351. The monoisotopic (exact) mass is 507 g/mol. The molecule has 1 aromatic carbocycles. The number of benzene rings is 1. The highest BCUT2D eigenvalue weighted by Gasteiger charge is 2.26. The van der Waals surface area contributed by atoms with Crippen LogP contribution >= 0.6 is 11.6 Å². The summed E-state index contributed by atoms with van der Waals surface area (Å²) < 4.78 is 17.0. The van der Waals surface area contributed by atoms with E-state index in [0.29, 0.717) is 70.5 Å². The molecule has 12 heteroatoms. The summed E-state index contributed by atoms with van der Waals surface area (Å²) in [5, 5.41) is 11.3. The highest BCUT2D eigenvalue weighted by molar-refractivity contribution is 6.32. The Labute approximate surface area is 211 Å². The van der Waals surface area contributed by atoms with E-state index < -0.39 is 0 Å². The number of amides is 1. The third-order valence-electron chi connectivity index (χ3n) is 5.49. The van der Waals surface area contributed by atoms with Gasteiger partial charge in [0, 0.05) is 31.6 Å². The molecule has 184 valence electrons. The first-order valence-corrected chi connectivity index (χ1v) is 11.5. The maximum Gasteiger partial charge on any atom is 0.253 e. The van der Waals surface area contributed by atoms with Crippen molar-refractivity contribution in [2.75, 3.05) is 18.4 Å². The van der Waals surface area contributed by atoms with E-state index in [9.17, 15) is 4.79 Å². The zero-order valence-electron chi connectivity index (χ0n) is 19.3. The van der Waals surface area contributed by atoms with Crippen LogP contribution in [0.1, 0.15) is 18.2 Å². The summed E-state index contributed by atoms with van der Waals surface area (Å²) in [7, 11) is 0. The minimum absolute atomic E-state index is 0.104. The Morgan fingerprint density at radius 1 is 1.31 bits per heavy atom. The lowest BCUT2D eigenvalue weighted by molar-refractivity contribution is -0.125. The minimum Gasteiger partial charge on any atom is -0.482 e. The molecule has 4 aromatic rings. The Kier molecular flexibility index (Phi) is 6.63. The van der Waals surface area contributed by atoms with Crippen LogP contribution in [-0.4, -0.2) is 55.1 Å². The largest absolute Gasteiger partial charge is 0.482 e. The standard InChI is InChI=1S/C24H22ClN7O4/c1-3-22(33)32-9-8-16(11-32)36-20-7-5-18-23(29-20)24(27-13-26-18)28-15-4-6-19(17(25)10-15)34-12-21-31-30-14(2)35-21/h3-7,10,13,16H,1,8-9,11-12H2,2H3,(H,26,27,28)/t16-/m0/s1. The predicted octanol–water partition coefficient (Wildman–Crippen LogP) is 3.86. The third-order valence-corrected chi connectivity index (χ3v) is 5.78. The number of ether oxygens (including phenoxy) is 2. The predicted molar refractivity (Wildman–Crippen MR) is 131 cm³/mol. The molecule has 0 bridgehead atoms. The number of nitrogens with zero attached hydrogens (tertiary/aromatic N) is 6. The molecule has 5 rings (SSSR count). The molecule has 0 saturated carbocycles. The van der Waals surface area contributed by atoms with Crippen molar-refractivity contribution >= 4 is 40.0 Å². The Balaban J connectivity index is 1.30. The summed E-state index contributed by atoms with van der Waals surface area (Å²) >= 11 is 6.42. The van der Waals surface area contributed by atoms with E-state index in [1.54, 1.807) is 36.1 Å². The number of carbonyl (C=O) groups is 1. The maximum atomic E-state index is 11.8. The molecular weight excluding hydrogens is 486 g/mol. The van der Waals surface area contributed by atoms with Crippen LogP contribution in [0.5, 0.6) is 11.6 Å². The molecule has 4 heterocycles. The topological polar surface area (TPSA) is 128 Å². The van der Waals surface area contributed by atoms with Crippen molar-refractivity contribution in [1.82, 2.24) is 30.0 Å². The van der Waals surface area contributed by atoms with Gasteiger partial charge in [-0.2, -0.15) is 0 Å². The van der Waals surface area contributed by atoms with E-state index in [4.69, 9.17) is 25.5 Å². The number of aryl methyl sites for hydroxylation is 1. The van der Waals surface area contributed by atoms with Gasteiger partial charge in [0.25, 0.3) is 5.89 Å². The van der Waals surface area contributed by atoms with Gasteiger partial charge in [-0.3, -0.25) is 4.79 Å². The van der Waals surface area contributed by atoms with Crippen molar-refractivity contribution in [3.8, 4) is 11.6 Å². The van der Waals surface area contributed by atoms with Gasteiger partial charge in [0.05, 0.1) is 17.1 Å². The first-order valence-electron chi connectivity index (χ1n) is 11.2. The van der Waals surface area contributed by atoms with E-state index in [1.165, 1.54) is 12.4 Å². The van der Waals surface area contributed by atoms with E-state index in [-0.39, 0.29) is 18.6 Å². The molecule has 0 radical (unpaired) electrons. The summed E-state index contributed by atoms with van der Waals surface area (Å²) in [6, 6.07) is 8.82. The lowest BCUT2D eigenvalue weighted by atomic mass is 10.3. The Hall–Kier alpha value is -4.25.